The van der Waals surface area contributed by atoms with Crippen LogP contribution in [0.15, 0.2) is 33.6 Å². The number of nitrogens with two attached hydrogens (primary N) is 1. The highest BCUT2D eigenvalue weighted by Crippen LogP contribution is 2.16. The fourth-order valence-corrected chi connectivity index (χ4v) is 3.23. The van der Waals surface area contributed by atoms with Crippen LogP contribution in [0, 0.1) is 6.92 Å². The predicted molar refractivity (Wildman–Crippen MR) is 81.0 cm³/mol. The van der Waals surface area contributed by atoms with Gasteiger partial charge in [0.15, 0.2) is 0 Å². The van der Waals surface area contributed by atoms with E-state index in [4.69, 9.17) is 5.73 Å². The van der Waals surface area contributed by atoms with Gasteiger partial charge in [-0.05, 0) is 25.5 Å². The maximum absolute atomic E-state index is 12.2. The zero-order chi connectivity index (χ0) is 14.5. The molecule has 106 valence electrons. The van der Waals surface area contributed by atoms with Gasteiger partial charge in [0.25, 0.3) is 10.0 Å². The molecular weight excluding hydrogens is 330 g/mol. The number of rotatable bonds is 5. The molecular formula is C12H18BrN3O2S. The Kier molecular flexibility index (Phi) is 5.81. The number of guanidine groups is 1. The normalized spacial score (nSPS) is 12.5. The third kappa shape index (κ3) is 4.21. The summed E-state index contributed by atoms with van der Waals surface area (Å²) in [6.07, 6.45) is 0. The van der Waals surface area contributed by atoms with Gasteiger partial charge in [0.05, 0.1) is 4.90 Å². The summed E-state index contributed by atoms with van der Waals surface area (Å²) in [5.74, 6) is 0.0187. The summed E-state index contributed by atoms with van der Waals surface area (Å²) in [6.45, 7) is 4.83. The highest BCUT2D eigenvalue weighted by Gasteiger charge is 2.17. The Morgan fingerprint density at radius 3 is 2.58 bits per heavy atom. The second-order valence-corrected chi connectivity index (χ2v) is 6.32. The third-order valence-corrected chi connectivity index (χ3v) is 4.44. The Morgan fingerprint density at radius 1 is 1.42 bits per heavy atom. The Labute approximate surface area is 122 Å². The van der Waals surface area contributed by atoms with E-state index in [-0.39, 0.29) is 10.9 Å². The maximum atomic E-state index is 12.2. The van der Waals surface area contributed by atoms with Gasteiger partial charge in [-0.1, -0.05) is 34.1 Å². The van der Waals surface area contributed by atoms with Crippen molar-refractivity contribution in [2.45, 2.75) is 18.7 Å². The Balaban J connectivity index is 3.12. The van der Waals surface area contributed by atoms with Crippen LogP contribution < -0.4 is 5.73 Å². The minimum absolute atomic E-state index is 0.0187. The number of nitrogens with zero attached hydrogens (tertiary/aromatic N) is 2. The molecule has 0 bridgehead atoms. The molecule has 0 saturated heterocycles. The van der Waals surface area contributed by atoms with Crippen molar-refractivity contribution in [2.24, 2.45) is 10.1 Å². The average molecular weight is 348 g/mol. The molecule has 0 aliphatic carbocycles. The monoisotopic (exact) mass is 347 g/mol. The van der Waals surface area contributed by atoms with Crippen LogP contribution in [0.2, 0.25) is 0 Å². The molecule has 0 aliphatic rings. The van der Waals surface area contributed by atoms with Gasteiger partial charge in [-0.25, -0.2) is 0 Å². The summed E-state index contributed by atoms with van der Waals surface area (Å²) >= 11 is 3.29. The molecule has 1 aromatic rings. The molecule has 0 radical (unpaired) electrons. The highest BCUT2D eigenvalue weighted by atomic mass is 79.9. The first kappa shape index (κ1) is 16.0. The lowest BCUT2D eigenvalue weighted by molar-refractivity contribution is 0.465. The molecule has 5 nitrogen and oxygen atoms in total. The van der Waals surface area contributed by atoms with Gasteiger partial charge in [-0.15, -0.1) is 4.40 Å². The SMILES string of the molecule is CCN(CCBr)/C(N)=N/S(=O)(=O)c1ccccc1C. The van der Waals surface area contributed by atoms with E-state index >= 15 is 0 Å². The number of hydrogen-bond donors (Lipinski definition) is 1. The molecule has 0 fully saturated rings. The maximum Gasteiger partial charge on any atom is 0.285 e. The third-order valence-electron chi connectivity index (χ3n) is 2.65. The van der Waals surface area contributed by atoms with E-state index in [9.17, 15) is 8.42 Å². The lowest BCUT2D eigenvalue weighted by Gasteiger charge is -2.20. The molecule has 1 aromatic carbocycles. The lowest BCUT2D eigenvalue weighted by Crippen LogP contribution is -2.39. The summed E-state index contributed by atoms with van der Waals surface area (Å²) in [4.78, 5) is 1.89. The van der Waals surface area contributed by atoms with E-state index in [0.29, 0.717) is 24.0 Å². The van der Waals surface area contributed by atoms with E-state index in [0.717, 1.165) is 0 Å². The Morgan fingerprint density at radius 2 is 2.05 bits per heavy atom. The largest absolute Gasteiger partial charge is 0.369 e. The fraction of sp³-hybridized carbons (Fsp3) is 0.417. The zero-order valence-corrected chi connectivity index (χ0v) is 13.4. The lowest BCUT2D eigenvalue weighted by atomic mass is 10.2. The molecule has 0 saturated carbocycles. The quantitative estimate of drug-likeness (QED) is 0.499. The van der Waals surface area contributed by atoms with E-state index in [1.165, 1.54) is 6.07 Å². The Bertz CT molecular complexity index is 558. The number of hydrogen-bond acceptors (Lipinski definition) is 2. The van der Waals surface area contributed by atoms with E-state index in [2.05, 4.69) is 20.3 Å². The molecule has 0 spiro atoms. The van der Waals surface area contributed by atoms with Crippen LogP contribution in [-0.4, -0.2) is 37.7 Å². The molecule has 0 unspecified atom stereocenters. The zero-order valence-electron chi connectivity index (χ0n) is 11.0. The average Bonchev–Trinajstić information content (AvgIpc) is 2.35. The molecule has 0 amide bonds. The minimum Gasteiger partial charge on any atom is -0.369 e. The number of alkyl halides is 1. The molecule has 0 aliphatic heterocycles. The van der Waals surface area contributed by atoms with Crippen LogP contribution in [0.1, 0.15) is 12.5 Å². The first-order chi connectivity index (χ1) is 8.92. The van der Waals surface area contributed by atoms with Gasteiger partial charge in [-0.2, -0.15) is 8.42 Å². The van der Waals surface area contributed by atoms with Crippen LogP contribution in [-0.2, 0) is 10.0 Å². The van der Waals surface area contributed by atoms with Gasteiger partial charge in [0.1, 0.15) is 0 Å². The van der Waals surface area contributed by atoms with E-state index in [1.807, 2.05) is 6.92 Å². The number of aryl methyl sites for hydroxylation is 1. The van der Waals surface area contributed by atoms with Gasteiger partial charge in [-0.3, -0.25) is 0 Å². The van der Waals surface area contributed by atoms with E-state index < -0.39 is 10.0 Å². The molecule has 0 aromatic heterocycles. The van der Waals surface area contributed by atoms with Crippen LogP contribution in [0.25, 0.3) is 0 Å². The molecule has 1 rings (SSSR count). The highest BCUT2D eigenvalue weighted by molar-refractivity contribution is 9.09. The predicted octanol–water partition coefficient (Wildman–Crippen LogP) is 1.72. The smallest absolute Gasteiger partial charge is 0.285 e. The number of halogens is 1. The van der Waals surface area contributed by atoms with Crippen LogP contribution in [0.4, 0.5) is 0 Å². The van der Waals surface area contributed by atoms with Crippen molar-refractivity contribution >= 4 is 31.9 Å². The van der Waals surface area contributed by atoms with Crippen molar-refractivity contribution in [2.75, 3.05) is 18.4 Å². The summed E-state index contributed by atoms with van der Waals surface area (Å²) in [6, 6.07) is 6.71. The van der Waals surface area contributed by atoms with Crippen molar-refractivity contribution in [1.29, 1.82) is 0 Å². The molecule has 7 heteroatoms. The second kappa shape index (κ2) is 6.91. The first-order valence-electron chi connectivity index (χ1n) is 5.89. The molecule has 19 heavy (non-hydrogen) atoms. The van der Waals surface area contributed by atoms with E-state index in [1.54, 1.807) is 30.0 Å². The molecule has 0 heterocycles. The number of benzene rings is 1. The van der Waals surface area contributed by atoms with Crippen molar-refractivity contribution in [3.05, 3.63) is 29.8 Å². The van der Waals surface area contributed by atoms with Gasteiger partial charge in [0.2, 0.25) is 5.96 Å². The van der Waals surface area contributed by atoms with Gasteiger partial charge in [0, 0.05) is 18.4 Å². The summed E-state index contributed by atoms with van der Waals surface area (Å²) in [5, 5.41) is 0.696. The topological polar surface area (TPSA) is 75.8 Å². The van der Waals surface area contributed by atoms with Crippen molar-refractivity contribution in [3.8, 4) is 0 Å². The van der Waals surface area contributed by atoms with Crippen molar-refractivity contribution < 1.29 is 8.42 Å². The van der Waals surface area contributed by atoms with Crippen LogP contribution in [0.3, 0.4) is 0 Å². The molecule has 2 N–H and O–H groups in total. The standard InChI is InChI=1S/C12H18BrN3O2S/c1-3-16(9-8-13)12(14)15-19(17,18)11-7-5-4-6-10(11)2/h4-7H,3,8-9H2,1-2H3,(H2,14,15). The first-order valence-corrected chi connectivity index (χ1v) is 8.45. The van der Waals surface area contributed by atoms with Gasteiger partial charge >= 0.3 is 0 Å². The van der Waals surface area contributed by atoms with Gasteiger partial charge < -0.3 is 10.6 Å². The van der Waals surface area contributed by atoms with Crippen molar-refractivity contribution in [3.63, 3.8) is 0 Å². The van der Waals surface area contributed by atoms with Crippen LogP contribution in [0.5, 0.6) is 0 Å². The number of sulfonamides is 1. The second-order valence-electron chi connectivity index (χ2n) is 3.96. The Hall–Kier alpha value is -1.08. The van der Waals surface area contributed by atoms with Crippen LogP contribution >= 0.6 is 15.9 Å². The van der Waals surface area contributed by atoms with Crippen molar-refractivity contribution in [1.82, 2.24) is 4.90 Å². The minimum atomic E-state index is -3.76. The summed E-state index contributed by atoms with van der Waals surface area (Å²) in [7, 11) is -3.76. The molecule has 0 atom stereocenters. The fourth-order valence-electron chi connectivity index (χ4n) is 1.61. The summed E-state index contributed by atoms with van der Waals surface area (Å²) in [5.41, 5.74) is 6.42. The summed E-state index contributed by atoms with van der Waals surface area (Å²) < 4.78 is 28.1.